The van der Waals surface area contributed by atoms with Crippen LogP contribution in [0.15, 0.2) is 58.5 Å². The number of amidine groups is 2. The number of nitrogens with zero attached hydrogens (tertiary/aromatic N) is 5. The van der Waals surface area contributed by atoms with Crippen molar-refractivity contribution in [1.29, 1.82) is 0 Å². The summed E-state index contributed by atoms with van der Waals surface area (Å²) in [7, 11) is 6.07. The van der Waals surface area contributed by atoms with Crippen molar-refractivity contribution in [1.82, 2.24) is 10.2 Å². The molecule has 2 saturated heterocycles. The summed E-state index contributed by atoms with van der Waals surface area (Å²) in [5.41, 5.74) is 4.52. The first-order chi connectivity index (χ1) is 20.2. The maximum atomic E-state index is 5.45. The number of morpholine rings is 2. The normalized spacial score (nSPS) is 16.5. The molecule has 2 aliphatic heterocycles. The van der Waals surface area contributed by atoms with Crippen molar-refractivity contribution in [2.45, 2.75) is 53.4 Å². The molecule has 2 aliphatic rings. The molecule has 2 aromatic carbocycles. The van der Waals surface area contributed by atoms with Crippen molar-refractivity contribution in [3.05, 3.63) is 48.5 Å². The van der Waals surface area contributed by atoms with Gasteiger partial charge in [-0.2, -0.15) is 0 Å². The summed E-state index contributed by atoms with van der Waals surface area (Å²) in [6.45, 7) is 15.7. The van der Waals surface area contributed by atoms with Gasteiger partial charge >= 0.3 is 0 Å². The average Bonchev–Trinajstić information content (AvgIpc) is 3.00. The molecule has 0 aromatic heterocycles. The summed E-state index contributed by atoms with van der Waals surface area (Å²) >= 11 is 0. The SMILES string of the molecule is CCCCC/C(=N/c1ccccc1N1CCOCC1)NC.CN(C)/C(=N\c1ccccc1N1CCOCC1)C(C)(C)C. The van der Waals surface area contributed by atoms with E-state index in [0.717, 1.165) is 82.1 Å². The lowest BCUT2D eigenvalue weighted by Crippen LogP contribution is -2.36. The molecule has 2 aromatic rings. The Hall–Kier alpha value is -3.10. The molecule has 4 rings (SSSR count). The molecule has 42 heavy (non-hydrogen) atoms. The Kier molecular flexibility index (Phi) is 13.6. The summed E-state index contributed by atoms with van der Waals surface area (Å²) in [5, 5.41) is 3.25. The number of aliphatic imine (C=N–C) groups is 2. The molecule has 1 N–H and O–H groups in total. The molecule has 0 radical (unpaired) electrons. The molecule has 0 atom stereocenters. The molecular formula is C34H54N6O2. The Morgan fingerprint density at radius 2 is 1.26 bits per heavy atom. The standard InChI is InChI=1S/2C17H27N3O/c1-17(2,3)16(19(4)5)18-14-8-6-7-9-15(14)20-10-12-21-13-11-20;1-3-4-5-10-17(18-2)19-15-8-6-7-9-16(15)20-11-13-21-14-12-20/h6-9H,10-13H2,1-5H3;6-9H,3-5,10-14H2,1-2H3,(H,18,19)/b18-16-;. The minimum atomic E-state index is 0.0155. The first kappa shape index (κ1) is 33.4. The number of para-hydroxylation sites is 4. The molecule has 0 bridgehead atoms. The van der Waals surface area contributed by atoms with Crippen molar-refractivity contribution in [2.24, 2.45) is 15.4 Å². The molecule has 2 fully saturated rings. The molecule has 0 unspecified atom stereocenters. The topological polar surface area (TPSA) is 64.9 Å². The first-order valence-electron chi connectivity index (χ1n) is 15.6. The van der Waals surface area contributed by atoms with Crippen molar-refractivity contribution >= 4 is 34.4 Å². The molecule has 232 valence electrons. The Labute approximate surface area is 254 Å². The Bertz CT molecular complexity index is 1130. The van der Waals surface area contributed by atoms with E-state index in [9.17, 15) is 0 Å². The molecule has 0 spiro atoms. The van der Waals surface area contributed by atoms with Crippen molar-refractivity contribution < 1.29 is 9.47 Å². The maximum absolute atomic E-state index is 5.45. The maximum Gasteiger partial charge on any atom is 0.110 e. The Morgan fingerprint density at radius 3 is 1.69 bits per heavy atom. The van der Waals surface area contributed by atoms with E-state index in [1.54, 1.807) is 0 Å². The molecule has 0 saturated carbocycles. The van der Waals surface area contributed by atoms with E-state index in [1.807, 2.05) is 7.05 Å². The van der Waals surface area contributed by atoms with Crippen LogP contribution in [0.5, 0.6) is 0 Å². The zero-order chi connectivity index (χ0) is 30.4. The van der Waals surface area contributed by atoms with Crippen LogP contribution >= 0.6 is 0 Å². The van der Waals surface area contributed by atoms with Gasteiger partial charge in [0.25, 0.3) is 0 Å². The van der Waals surface area contributed by atoms with Crippen LogP contribution in [0.1, 0.15) is 53.4 Å². The summed E-state index contributed by atoms with van der Waals surface area (Å²) in [5.74, 6) is 2.16. The number of benzene rings is 2. The average molecular weight is 579 g/mol. The molecular weight excluding hydrogens is 524 g/mol. The predicted molar refractivity (Wildman–Crippen MR) is 179 cm³/mol. The summed E-state index contributed by atoms with van der Waals surface area (Å²) in [4.78, 5) is 16.6. The number of unbranched alkanes of at least 4 members (excludes halogenated alkanes) is 2. The fourth-order valence-electron chi connectivity index (χ4n) is 5.24. The van der Waals surface area contributed by atoms with Gasteiger partial charge in [-0.15, -0.1) is 0 Å². The fraction of sp³-hybridized carbons (Fsp3) is 0.588. The van der Waals surface area contributed by atoms with Crippen molar-refractivity contribution in [3.8, 4) is 0 Å². The quantitative estimate of drug-likeness (QED) is 0.219. The number of anilines is 2. The van der Waals surface area contributed by atoms with Gasteiger partial charge in [-0.3, -0.25) is 0 Å². The highest BCUT2D eigenvalue weighted by atomic mass is 16.5. The van der Waals surface area contributed by atoms with Crippen molar-refractivity contribution in [2.75, 3.05) is 83.5 Å². The predicted octanol–water partition coefficient (Wildman–Crippen LogP) is 6.51. The van der Waals surface area contributed by atoms with Gasteiger partial charge in [0.1, 0.15) is 11.7 Å². The van der Waals surface area contributed by atoms with Crippen LogP contribution in [-0.4, -0.2) is 90.3 Å². The largest absolute Gasteiger partial charge is 0.378 e. The van der Waals surface area contributed by atoms with Gasteiger partial charge < -0.3 is 29.5 Å². The molecule has 8 heteroatoms. The van der Waals surface area contributed by atoms with Crippen LogP contribution in [0.3, 0.4) is 0 Å². The monoisotopic (exact) mass is 578 g/mol. The van der Waals surface area contributed by atoms with Crippen LogP contribution < -0.4 is 15.1 Å². The molecule has 8 nitrogen and oxygen atoms in total. The number of nitrogens with one attached hydrogen (secondary N) is 1. The van der Waals surface area contributed by atoms with E-state index in [4.69, 9.17) is 19.5 Å². The van der Waals surface area contributed by atoms with Gasteiger partial charge in [-0.1, -0.05) is 64.8 Å². The molecule has 2 heterocycles. The number of hydrogen-bond acceptors (Lipinski definition) is 6. The summed E-state index contributed by atoms with van der Waals surface area (Å²) in [6, 6.07) is 16.8. The third-order valence-electron chi connectivity index (χ3n) is 7.35. The van der Waals surface area contributed by atoms with Gasteiger partial charge in [0.2, 0.25) is 0 Å². The van der Waals surface area contributed by atoms with Gasteiger partial charge in [0.15, 0.2) is 0 Å². The van der Waals surface area contributed by atoms with Gasteiger partial charge in [0.05, 0.1) is 49.2 Å². The van der Waals surface area contributed by atoms with E-state index < -0.39 is 0 Å². The lowest BCUT2D eigenvalue weighted by Gasteiger charge is -2.31. The Morgan fingerprint density at radius 1 is 0.786 bits per heavy atom. The van der Waals surface area contributed by atoms with Crippen LogP contribution in [-0.2, 0) is 9.47 Å². The highest BCUT2D eigenvalue weighted by Crippen LogP contribution is 2.32. The smallest absolute Gasteiger partial charge is 0.110 e. The number of hydrogen-bond donors (Lipinski definition) is 1. The molecule has 0 amide bonds. The van der Waals surface area contributed by atoms with E-state index in [0.29, 0.717) is 0 Å². The molecule has 0 aliphatic carbocycles. The second-order valence-electron chi connectivity index (χ2n) is 12.0. The van der Waals surface area contributed by atoms with E-state index in [2.05, 4.69) is 110 Å². The zero-order valence-electron chi connectivity index (χ0n) is 27.2. The lowest BCUT2D eigenvalue weighted by molar-refractivity contribution is 0.122. The van der Waals surface area contributed by atoms with E-state index in [-0.39, 0.29) is 5.41 Å². The van der Waals surface area contributed by atoms with Gasteiger partial charge in [-0.25, -0.2) is 9.98 Å². The second-order valence-corrected chi connectivity index (χ2v) is 12.0. The second kappa shape index (κ2) is 17.1. The van der Waals surface area contributed by atoms with E-state index in [1.165, 1.54) is 30.6 Å². The summed E-state index contributed by atoms with van der Waals surface area (Å²) in [6.07, 6.45) is 4.70. The first-order valence-corrected chi connectivity index (χ1v) is 15.6. The number of rotatable bonds is 8. The van der Waals surface area contributed by atoms with Gasteiger partial charge in [0, 0.05) is 59.2 Å². The van der Waals surface area contributed by atoms with Crippen molar-refractivity contribution in [3.63, 3.8) is 0 Å². The van der Waals surface area contributed by atoms with Crippen LogP contribution in [0.4, 0.5) is 22.7 Å². The van der Waals surface area contributed by atoms with Gasteiger partial charge in [-0.05, 0) is 30.7 Å². The minimum absolute atomic E-state index is 0.0155. The van der Waals surface area contributed by atoms with Crippen LogP contribution in [0, 0.1) is 5.41 Å². The zero-order valence-corrected chi connectivity index (χ0v) is 27.2. The highest BCUT2D eigenvalue weighted by molar-refractivity contribution is 5.90. The third kappa shape index (κ3) is 10.3. The fourth-order valence-corrected chi connectivity index (χ4v) is 5.24. The highest BCUT2D eigenvalue weighted by Gasteiger charge is 2.22. The Balaban J connectivity index is 0.000000230. The lowest BCUT2D eigenvalue weighted by atomic mass is 9.94. The van der Waals surface area contributed by atoms with Crippen LogP contribution in [0.2, 0.25) is 0 Å². The number of ether oxygens (including phenoxy) is 2. The van der Waals surface area contributed by atoms with E-state index >= 15 is 0 Å². The summed E-state index contributed by atoms with van der Waals surface area (Å²) < 4.78 is 10.9. The minimum Gasteiger partial charge on any atom is -0.378 e. The third-order valence-corrected chi connectivity index (χ3v) is 7.35. The van der Waals surface area contributed by atoms with Crippen LogP contribution in [0.25, 0.3) is 0 Å².